The smallest absolute Gasteiger partial charge is 0.148 e. The van der Waals surface area contributed by atoms with Gasteiger partial charge in [0.05, 0.1) is 17.6 Å². The van der Waals surface area contributed by atoms with Gasteiger partial charge < -0.3 is 5.32 Å². The first kappa shape index (κ1) is 9.78. The maximum Gasteiger partial charge on any atom is 0.148 e. The van der Waals surface area contributed by atoms with E-state index in [0.29, 0.717) is 0 Å². The molecule has 3 nitrogen and oxygen atoms in total. The van der Waals surface area contributed by atoms with Gasteiger partial charge in [-0.05, 0) is 12.1 Å². The van der Waals surface area contributed by atoms with Gasteiger partial charge in [-0.2, -0.15) is 0 Å². The van der Waals surface area contributed by atoms with Crippen LogP contribution >= 0.6 is 15.9 Å². The van der Waals surface area contributed by atoms with Crippen molar-refractivity contribution in [2.45, 2.75) is 6.42 Å². The zero-order valence-corrected chi connectivity index (χ0v) is 10.2. The molecule has 0 spiro atoms. The van der Waals surface area contributed by atoms with Crippen LogP contribution in [0.4, 0.5) is 5.82 Å². The second-order valence-electron chi connectivity index (χ2n) is 3.73. The topological polar surface area (TPSA) is 37.8 Å². The molecule has 0 radical (unpaired) electrons. The van der Waals surface area contributed by atoms with Crippen molar-refractivity contribution in [3.8, 4) is 11.3 Å². The number of aromatic nitrogens is 2. The molecule has 2 heterocycles. The summed E-state index contributed by atoms with van der Waals surface area (Å²) < 4.78 is 1.07. The maximum atomic E-state index is 4.56. The van der Waals surface area contributed by atoms with E-state index in [0.717, 1.165) is 40.2 Å². The van der Waals surface area contributed by atoms with Crippen LogP contribution in [-0.2, 0) is 6.42 Å². The van der Waals surface area contributed by atoms with E-state index in [1.165, 1.54) is 0 Å². The molecule has 0 saturated heterocycles. The van der Waals surface area contributed by atoms with E-state index in [9.17, 15) is 0 Å². The van der Waals surface area contributed by atoms with E-state index in [1.54, 1.807) is 0 Å². The molecule has 2 aromatic rings. The molecule has 1 aliphatic rings. The van der Waals surface area contributed by atoms with E-state index in [2.05, 4.69) is 31.2 Å². The van der Waals surface area contributed by atoms with Crippen LogP contribution in [0.5, 0.6) is 0 Å². The molecule has 1 aromatic carbocycles. The van der Waals surface area contributed by atoms with Gasteiger partial charge in [0, 0.05) is 23.0 Å². The first-order valence-corrected chi connectivity index (χ1v) is 5.98. The molecular formula is C12H10BrN3. The first-order valence-electron chi connectivity index (χ1n) is 5.19. The van der Waals surface area contributed by atoms with Crippen molar-refractivity contribution >= 4 is 21.7 Å². The van der Waals surface area contributed by atoms with E-state index in [4.69, 9.17) is 0 Å². The monoisotopic (exact) mass is 275 g/mol. The molecule has 80 valence electrons. The zero-order valence-electron chi connectivity index (χ0n) is 8.57. The van der Waals surface area contributed by atoms with E-state index >= 15 is 0 Å². The van der Waals surface area contributed by atoms with Gasteiger partial charge in [-0.25, -0.2) is 4.98 Å². The highest BCUT2D eigenvalue weighted by molar-refractivity contribution is 9.10. The molecule has 3 rings (SSSR count). The van der Waals surface area contributed by atoms with Crippen molar-refractivity contribution in [3.05, 3.63) is 40.6 Å². The lowest BCUT2D eigenvalue weighted by Gasteiger charge is -2.03. The van der Waals surface area contributed by atoms with Crippen molar-refractivity contribution in [2.75, 3.05) is 11.9 Å². The fourth-order valence-corrected chi connectivity index (χ4v) is 2.06. The average Bonchev–Trinajstić information content (AvgIpc) is 2.77. The Balaban J connectivity index is 2.03. The summed E-state index contributed by atoms with van der Waals surface area (Å²) in [6.45, 7) is 0.944. The second kappa shape index (κ2) is 3.87. The number of nitrogens with zero attached hydrogens (tertiary/aromatic N) is 2. The molecule has 16 heavy (non-hydrogen) atoms. The van der Waals surface area contributed by atoms with Crippen LogP contribution in [0.15, 0.2) is 34.9 Å². The number of nitrogens with one attached hydrogen (secondary N) is 1. The summed E-state index contributed by atoms with van der Waals surface area (Å²) >= 11 is 3.42. The van der Waals surface area contributed by atoms with E-state index < -0.39 is 0 Å². The normalized spacial score (nSPS) is 13.3. The molecular weight excluding hydrogens is 266 g/mol. The predicted octanol–water partition coefficient (Wildman–Crippen LogP) is 2.87. The summed E-state index contributed by atoms with van der Waals surface area (Å²) in [6, 6.07) is 8.10. The van der Waals surface area contributed by atoms with Gasteiger partial charge in [0.1, 0.15) is 5.82 Å². The number of anilines is 1. The maximum absolute atomic E-state index is 4.56. The van der Waals surface area contributed by atoms with Crippen LogP contribution < -0.4 is 5.32 Å². The van der Waals surface area contributed by atoms with Crippen LogP contribution in [0.1, 0.15) is 5.69 Å². The lowest BCUT2D eigenvalue weighted by molar-refractivity contribution is 1.04. The Morgan fingerprint density at radius 3 is 2.81 bits per heavy atom. The Labute approximate surface area is 102 Å². The van der Waals surface area contributed by atoms with Crippen molar-refractivity contribution in [2.24, 2.45) is 0 Å². The molecule has 0 aliphatic carbocycles. The number of benzene rings is 1. The Bertz CT molecular complexity index is 522. The molecule has 0 fully saturated rings. The third kappa shape index (κ3) is 1.69. The fourth-order valence-electron chi connectivity index (χ4n) is 1.80. The van der Waals surface area contributed by atoms with Crippen molar-refractivity contribution in [3.63, 3.8) is 0 Å². The molecule has 0 amide bonds. The molecule has 4 heteroatoms. The minimum atomic E-state index is 0.917. The van der Waals surface area contributed by atoms with E-state index in [-0.39, 0.29) is 0 Å². The lowest BCUT2D eigenvalue weighted by atomic mass is 10.1. The summed E-state index contributed by atoms with van der Waals surface area (Å²) in [4.78, 5) is 8.99. The van der Waals surface area contributed by atoms with Crippen molar-refractivity contribution in [1.29, 1.82) is 0 Å². The van der Waals surface area contributed by atoms with Crippen LogP contribution in [0.2, 0.25) is 0 Å². The molecule has 1 N–H and O–H groups in total. The van der Waals surface area contributed by atoms with Crippen LogP contribution in [0.3, 0.4) is 0 Å². The standard InChI is InChI=1S/C12H10BrN3/c13-9-3-1-8(2-4-9)11-7-15-10-5-6-14-12(10)16-11/h1-4,7H,5-6H2,(H,14,16). The number of rotatable bonds is 1. The largest absolute Gasteiger partial charge is 0.368 e. The van der Waals surface area contributed by atoms with Gasteiger partial charge in [-0.3, -0.25) is 4.98 Å². The molecule has 1 aromatic heterocycles. The van der Waals surface area contributed by atoms with Gasteiger partial charge in [-0.15, -0.1) is 0 Å². The third-order valence-electron chi connectivity index (χ3n) is 2.64. The summed E-state index contributed by atoms with van der Waals surface area (Å²) in [5, 5.41) is 3.24. The van der Waals surface area contributed by atoms with Crippen LogP contribution in [0.25, 0.3) is 11.3 Å². The predicted molar refractivity (Wildman–Crippen MR) is 67.4 cm³/mol. The molecule has 0 bridgehead atoms. The average molecular weight is 276 g/mol. The number of fused-ring (bicyclic) bond motifs is 1. The fraction of sp³-hybridized carbons (Fsp3) is 0.167. The Morgan fingerprint density at radius 1 is 1.19 bits per heavy atom. The zero-order chi connectivity index (χ0) is 11.0. The minimum Gasteiger partial charge on any atom is -0.368 e. The molecule has 1 aliphatic heterocycles. The summed E-state index contributed by atoms with van der Waals surface area (Å²) in [5.74, 6) is 0.931. The summed E-state index contributed by atoms with van der Waals surface area (Å²) in [7, 11) is 0. The quantitative estimate of drug-likeness (QED) is 0.870. The van der Waals surface area contributed by atoms with E-state index in [1.807, 2.05) is 30.5 Å². The van der Waals surface area contributed by atoms with Gasteiger partial charge in [0.15, 0.2) is 0 Å². The first-order chi connectivity index (χ1) is 7.83. The Morgan fingerprint density at radius 2 is 2.00 bits per heavy atom. The lowest BCUT2D eigenvalue weighted by Crippen LogP contribution is -1.95. The second-order valence-corrected chi connectivity index (χ2v) is 4.65. The third-order valence-corrected chi connectivity index (χ3v) is 3.17. The van der Waals surface area contributed by atoms with Gasteiger partial charge in [0.2, 0.25) is 0 Å². The summed E-state index contributed by atoms with van der Waals surface area (Å²) in [5.41, 5.74) is 3.08. The minimum absolute atomic E-state index is 0.917. The van der Waals surface area contributed by atoms with Gasteiger partial charge >= 0.3 is 0 Å². The van der Waals surface area contributed by atoms with Crippen LogP contribution in [0, 0.1) is 0 Å². The highest BCUT2D eigenvalue weighted by Gasteiger charge is 2.13. The van der Waals surface area contributed by atoms with Crippen molar-refractivity contribution < 1.29 is 0 Å². The van der Waals surface area contributed by atoms with Crippen LogP contribution in [-0.4, -0.2) is 16.5 Å². The molecule has 0 saturated carbocycles. The number of halogens is 1. The highest BCUT2D eigenvalue weighted by atomic mass is 79.9. The molecule has 0 atom stereocenters. The van der Waals surface area contributed by atoms with Crippen molar-refractivity contribution in [1.82, 2.24) is 9.97 Å². The SMILES string of the molecule is Brc1ccc(-c2cnc3c(n2)NCC3)cc1. The number of hydrogen-bond donors (Lipinski definition) is 1. The van der Waals surface area contributed by atoms with Gasteiger partial charge in [0.25, 0.3) is 0 Å². The van der Waals surface area contributed by atoms with Gasteiger partial charge in [-0.1, -0.05) is 28.1 Å². The number of hydrogen-bond acceptors (Lipinski definition) is 3. The summed E-state index contributed by atoms with van der Waals surface area (Å²) in [6.07, 6.45) is 2.82. The highest BCUT2D eigenvalue weighted by Crippen LogP contribution is 2.24. The molecule has 0 unspecified atom stereocenters. The Kier molecular flexibility index (Phi) is 2.36. The Hall–Kier alpha value is -1.42.